The summed E-state index contributed by atoms with van der Waals surface area (Å²) in [6.45, 7) is 4.35. The smallest absolute Gasteiger partial charge is 0.290 e. The number of carbonyl (C=O) groups excluding carboxylic acids is 2. The van der Waals surface area contributed by atoms with Crippen LogP contribution in [0, 0.1) is 0 Å². The molecule has 10 heteroatoms. The number of aromatic nitrogens is 2. The molecule has 0 radical (unpaired) electrons. The Hall–Kier alpha value is -3.27. The summed E-state index contributed by atoms with van der Waals surface area (Å²) in [5.41, 5.74) is 0.193. The van der Waals surface area contributed by atoms with Gasteiger partial charge in [0.25, 0.3) is 17.9 Å². The molecule has 3 heterocycles. The van der Waals surface area contributed by atoms with E-state index in [9.17, 15) is 14.4 Å². The molecule has 0 unspecified atom stereocenters. The van der Waals surface area contributed by atoms with Crippen LogP contribution in [-0.2, 0) is 9.59 Å². The summed E-state index contributed by atoms with van der Waals surface area (Å²) >= 11 is 0. The summed E-state index contributed by atoms with van der Waals surface area (Å²) in [5, 5.41) is 7.36. The molecule has 4 rings (SSSR count). The molecule has 166 valence electrons. The number of fused-ring (bicyclic) bond motifs is 1. The maximum Gasteiger partial charge on any atom is 0.290 e. The van der Waals surface area contributed by atoms with Crippen LogP contribution in [0.25, 0.3) is 10.9 Å². The number of H-pyrrole nitrogens is 1. The fourth-order valence-corrected chi connectivity index (χ4v) is 3.94. The third-order valence-corrected chi connectivity index (χ3v) is 5.51. The van der Waals surface area contributed by atoms with Crippen molar-refractivity contribution in [2.24, 2.45) is 0 Å². The zero-order chi connectivity index (χ0) is 22.2. The molecule has 31 heavy (non-hydrogen) atoms. The summed E-state index contributed by atoms with van der Waals surface area (Å²) in [6, 6.07) is 6.97. The number of carbonyl (C=O) groups is 3. The number of nitrogens with zero attached hydrogens (tertiary/aromatic N) is 4. The molecule has 2 aliphatic rings. The van der Waals surface area contributed by atoms with Crippen molar-refractivity contribution in [2.45, 2.75) is 19.3 Å². The lowest BCUT2D eigenvalue weighted by molar-refractivity contribution is -0.132. The highest BCUT2D eigenvalue weighted by Gasteiger charge is 2.26. The number of hydrogen-bond acceptors (Lipinski definition) is 6. The molecule has 0 bridgehead atoms. The van der Waals surface area contributed by atoms with E-state index in [2.05, 4.69) is 14.9 Å². The number of rotatable bonds is 3. The van der Waals surface area contributed by atoms with E-state index in [-0.39, 0.29) is 29.7 Å². The standard InChI is InChI=1S/C20H25N5O3.CH2O2/c26-17(14-23-8-3-4-9-23)24-10-5-11-25(13-12-24)20(28)18-21-16-7-2-1-6-15(16)19(27)22-18;2-1-3/h1-2,6-7H,3-5,8-14H2,(H,21,22,27);1H,(H,2,3). The Morgan fingerprint density at radius 3 is 2.39 bits per heavy atom. The van der Waals surface area contributed by atoms with Gasteiger partial charge in [0, 0.05) is 26.2 Å². The van der Waals surface area contributed by atoms with Crippen LogP contribution in [0.1, 0.15) is 29.9 Å². The first-order valence-corrected chi connectivity index (χ1v) is 10.4. The maximum absolute atomic E-state index is 12.9. The summed E-state index contributed by atoms with van der Waals surface area (Å²) in [5.74, 6) is -0.106. The fourth-order valence-electron chi connectivity index (χ4n) is 3.94. The van der Waals surface area contributed by atoms with Gasteiger partial charge in [-0.15, -0.1) is 0 Å². The quantitative estimate of drug-likeness (QED) is 0.676. The molecule has 2 aromatic rings. The van der Waals surface area contributed by atoms with Crippen molar-refractivity contribution in [3.8, 4) is 0 Å². The predicted molar refractivity (Wildman–Crippen MR) is 114 cm³/mol. The first kappa shape index (κ1) is 22.4. The SMILES string of the molecule is O=C(CN1CCCC1)N1CCCN(C(=O)c2nc3ccccc3c(=O)[nH]2)CC1.O=CO. The van der Waals surface area contributed by atoms with E-state index >= 15 is 0 Å². The molecular formula is C21H27N5O5. The van der Waals surface area contributed by atoms with Crippen molar-refractivity contribution in [1.29, 1.82) is 0 Å². The average Bonchev–Trinajstić information content (AvgIpc) is 3.15. The number of nitrogens with one attached hydrogen (secondary N) is 1. The molecule has 2 saturated heterocycles. The van der Waals surface area contributed by atoms with Crippen molar-refractivity contribution in [2.75, 3.05) is 45.8 Å². The lowest BCUT2D eigenvalue weighted by Crippen LogP contribution is -2.42. The summed E-state index contributed by atoms with van der Waals surface area (Å²) in [6.07, 6.45) is 3.04. The molecule has 1 aromatic carbocycles. The average molecular weight is 429 g/mol. The van der Waals surface area contributed by atoms with Crippen molar-refractivity contribution in [3.63, 3.8) is 0 Å². The first-order valence-electron chi connectivity index (χ1n) is 10.4. The van der Waals surface area contributed by atoms with E-state index in [1.807, 2.05) is 4.90 Å². The maximum atomic E-state index is 12.9. The van der Waals surface area contributed by atoms with Gasteiger partial charge in [0.15, 0.2) is 5.82 Å². The lowest BCUT2D eigenvalue weighted by Gasteiger charge is -2.24. The highest BCUT2D eigenvalue weighted by atomic mass is 16.3. The van der Waals surface area contributed by atoms with Gasteiger partial charge in [-0.1, -0.05) is 12.1 Å². The molecule has 0 spiro atoms. The van der Waals surface area contributed by atoms with Crippen molar-refractivity contribution < 1.29 is 19.5 Å². The molecule has 2 aliphatic heterocycles. The number of amides is 2. The number of benzene rings is 1. The van der Waals surface area contributed by atoms with Crippen LogP contribution in [0.5, 0.6) is 0 Å². The zero-order valence-corrected chi connectivity index (χ0v) is 17.3. The molecular weight excluding hydrogens is 402 g/mol. The Labute approximate surface area is 179 Å². The van der Waals surface area contributed by atoms with Gasteiger partial charge in [0.1, 0.15) is 0 Å². The second kappa shape index (κ2) is 10.7. The minimum Gasteiger partial charge on any atom is -0.483 e. The molecule has 0 aliphatic carbocycles. The molecule has 2 fully saturated rings. The Morgan fingerprint density at radius 2 is 1.65 bits per heavy atom. The Bertz CT molecular complexity index is 986. The monoisotopic (exact) mass is 429 g/mol. The van der Waals surface area contributed by atoms with Crippen LogP contribution in [-0.4, -0.2) is 93.9 Å². The number of hydrogen-bond donors (Lipinski definition) is 2. The molecule has 1 aromatic heterocycles. The number of likely N-dealkylation sites (tertiary alicyclic amines) is 1. The molecule has 2 amide bonds. The minimum absolute atomic E-state index is 0.0561. The van der Waals surface area contributed by atoms with Gasteiger partial charge in [-0.2, -0.15) is 0 Å². The van der Waals surface area contributed by atoms with Crippen LogP contribution in [0.3, 0.4) is 0 Å². The minimum atomic E-state index is -0.314. The van der Waals surface area contributed by atoms with E-state index < -0.39 is 0 Å². The van der Waals surface area contributed by atoms with Crippen molar-refractivity contribution >= 4 is 29.2 Å². The lowest BCUT2D eigenvalue weighted by atomic mass is 10.2. The number of aromatic amines is 1. The molecule has 0 saturated carbocycles. The van der Waals surface area contributed by atoms with E-state index in [0.29, 0.717) is 43.6 Å². The van der Waals surface area contributed by atoms with Gasteiger partial charge in [0.05, 0.1) is 17.4 Å². The van der Waals surface area contributed by atoms with Gasteiger partial charge < -0.3 is 19.9 Å². The first-order chi connectivity index (χ1) is 15.0. The highest BCUT2D eigenvalue weighted by molar-refractivity contribution is 5.92. The molecule has 0 atom stereocenters. The van der Waals surface area contributed by atoms with Crippen molar-refractivity contribution in [3.05, 3.63) is 40.4 Å². The van der Waals surface area contributed by atoms with Crippen LogP contribution in [0.15, 0.2) is 29.1 Å². The summed E-state index contributed by atoms with van der Waals surface area (Å²) < 4.78 is 0. The Morgan fingerprint density at radius 1 is 1.00 bits per heavy atom. The highest BCUT2D eigenvalue weighted by Crippen LogP contribution is 2.11. The molecule has 10 nitrogen and oxygen atoms in total. The summed E-state index contributed by atoms with van der Waals surface area (Å²) in [4.78, 5) is 58.7. The van der Waals surface area contributed by atoms with Crippen LogP contribution in [0.2, 0.25) is 0 Å². The number of para-hydroxylation sites is 1. The molecule has 2 N–H and O–H groups in total. The van der Waals surface area contributed by atoms with Gasteiger partial charge >= 0.3 is 0 Å². The van der Waals surface area contributed by atoms with Gasteiger partial charge in [-0.05, 0) is 44.5 Å². The second-order valence-electron chi connectivity index (χ2n) is 7.55. The van der Waals surface area contributed by atoms with Crippen LogP contribution < -0.4 is 5.56 Å². The Balaban J connectivity index is 0.000000858. The van der Waals surface area contributed by atoms with E-state index in [4.69, 9.17) is 9.90 Å². The largest absolute Gasteiger partial charge is 0.483 e. The summed E-state index contributed by atoms with van der Waals surface area (Å²) in [7, 11) is 0. The van der Waals surface area contributed by atoms with E-state index in [1.54, 1.807) is 29.2 Å². The zero-order valence-electron chi connectivity index (χ0n) is 17.3. The third-order valence-electron chi connectivity index (χ3n) is 5.51. The van der Waals surface area contributed by atoms with E-state index in [1.165, 1.54) is 0 Å². The van der Waals surface area contributed by atoms with Crippen LogP contribution in [0.4, 0.5) is 0 Å². The predicted octanol–water partition coefficient (Wildman–Crippen LogP) is 0.394. The number of carboxylic acid groups (broad SMARTS) is 1. The van der Waals surface area contributed by atoms with E-state index in [0.717, 1.165) is 32.4 Å². The third kappa shape index (κ3) is 5.66. The second-order valence-corrected chi connectivity index (χ2v) is 7.55. The van der Waals surface area contributed by atoms with Gasteiger partial charge in [0.2, 0.25) is 5.91 Å². The van der Waals surface area contributed by atoms with Crippen molar-refractivity contribution in [1.82, 2.24) is 24.7 Å². The van der Waals surface area contributed by atoms with Gasteiger partial charge in [-0.25, -0.2) is 4.98 Å². The topological polar surface area (TPSA) is 127 Å². The Kier molecular flexibility index (Phi) is 7.71. The van der Waals surface area contributed by atoms with Crippen LogP contribution >= 0.6 is 0 Å². The fraction of sp³-hybridized carbons (Fsp3) is 0.476. The van der Waals surface area contributed by atoms with Gasteiger partial charge in [-0.3, -0.25) is 24.1 Å². The normalized spacial score (nSPS) is 17.0.